The number of benzene rings is 1. The number of carbonyl (C=O) groups excluding carboxylic acids is 1. The van der Waals surface area contributed by atoms with Crippen LogP contribution in [0.1, 0.15) is 10.4 Å². The van der Waals surface area contributed by atoms with Crippen LogP contribution in [-0.4, -0.2) is 28.6 Å². The number of ether oxygens (including phenoxy) is 1. The molecule has 0 atom stereocenters. The molecule has 0 fully saturated rings. The minimum absolute atomic E-state index is 0.0504. The summed E-state index contributed by atoms with van der Waals surface area (Å²) in [6.45, 7) is -0.529. The molecule has 0 radical (unpaired) electrons. The SMILES string of the molecule is O=C(O)COc1ccccc1NC(=O)c1ccc[nH]c1=O. The Hall–Kier alpha value is -3.09. The van der Waals surface area contributed by atoms with Crippen LogP contribution in [0.4, 0.5) is 5.69 Å². The predicted octanol–water partition coefficient (Wildman–Crippen LogP) is 1.09. The van der Waals surface area contributed by atoms with Gasteiger partial charge in [0.15, 0.2) is 6.61 Å². The van der Waals surface area contributed by atoms with Crippen molar-refractivity contribution in [2.75, 3.05) is 11.9 Å². The second-order valence-electron chi connectivity index (χ2n) is 4.05. The third kappa shape index (κ3) is 3.69. The fourth-order valence-electron chi connectivity index (χ4n) is 1.63. The van der Waals surface area contributed by atoms with E-state index in [1.807, 2.05) is 0 Å². The Labute approximate surface area is 119 Å². The summed E-state index contributed by atoms with van der Waals surface area (Å²) in [4.78, 5) is 36.5. The average Bonchev–Trinajstić information content (AvgIpc) is 2.46. The third-order valence-electron chi connectivity index (χ3n) is 2.55. The van der Waals surface area contributed by atoms with Crippen LogP contribution in [0.25, 0.3) is 0 Å². The monoisotopic (exact) mass is 288 g/mol. The minimum atomic E-state index is -1.13. The lowest BCUT2D eigenvalue weighted by Crippen LogP contribution is -2.22. The second-order valence-corrected chi connectivity index (χ2v) is 4.05. The summed E-state index contributed by atoms with van der Waals surface area (Å²) in [5, 5.41) is 11.1. The van der Waals surface area contributed by atoms with Gasteiger partial charge in [0.25, 0.3) is 11.5 Å². The summed E-state index contributed by atoms with van der Waals surface area (Å²) in [6.07, 6.45) is 1.42. The van der Waals surface area contributed by atoms with E-state index < -0.39 is 24.0 Å². The van der Waals surface area contributed by atoms with Gasteiger partial charge < -0.3 is 20.1 Å². The summed E-state index contributed by atoms with van der Waals surface area (Å²) in [5.41, 5.74) is -0.281. The molecule has 108 valence electrons. The molecular formula is C14H12N2O5. The molecule has 0 bridgehead atoms. The Morgan fingerprint density at radius 2 is 1.95 bits per heavy atom. The molecule has 2 rings (SSSR count). The number of hydrogen-bond acceptors (Lipinski definition) is 4. The Kier molecular flexibility index (Phi) is 4.35. The van der Waals surface area contributed by atoms with E-state index in [0.29, 0.717) is 0 Å². The molecule has 0 spiro atoms. The molecule has 1 aromatic heterocycles. The van der Waals surface area contributed by atoms with E-state index in [0.717, 1.165) is 0 Å². The van der Waals surface area contributed by atoms with Gasteiger partial charge in [-0.05, 0) is 24.3 Å². The molecule has 0 saturated heterocycles. The number of aromatic nitrogens is 1. The highest BCUT2D eigenvalue weighted by atomic mass is 16.5. The number of nitrogens with one attached hydrogen (secondary N) is 2. The van der Waals surface area contributed by atoms with Gasteiger partial charge in [0.1, 0.15) is 11.3 Å². The van der Waals surface area contributed by atoms with E-state index >= 15 is 0 Å². The zero-order chi connectivity index (χ0) is 15.2. The molecule has 1 heterocycles. The van der Waals surface area contributed by atoms with Gasteiger partial charge in [0, 0.05) is 6.20 Å². The number of hydrogen-bond donors (Lipinski definition) is 3. The van der Waals surface area contributed by atoms with Gasteiger partial charge in [0.2, 0.25) is 0 Å². The van der Waals surface area contributed by atoms with Crippen LogP contribution in [0.3, 0.4) is 0 Å². The topological polar surface area (TPSA) is 108 Å². The molecule has 1 aromatic carbocycles. The number of anilines is 1. The number of H-pyrrole nitrogens is 1. The molecule has 0 aliphatic carbocycles. The summed E-state index contributed by atoms with van der Waals surface area (Å²) in [6, 6.07) is 9.28. The first kappa shape index (κ1) is 14.3. The van der Waals surface area contributed by atoms with E-state index in [1.165, 1.54) is 24.4 Å². The van der Waals surface area contributed by atoms with Gasteiger partial charge in [-0.2, -0.15) is 0 Å². The zero-order valence-electron chi connectivity index (χ0n) is 10.8. The molecule has 3 N–H and O–H groups in total. The molecule has 0 unspecified atom stereocenters. The van der Waals surface area contributed by atoms with Crippen LogP contribution in [0.2, 0.25) is 0 Å². The molecule has 7 heteroatoms. The number of carboxylic acids is 1. The summed E-state index contributed by atoms with van der Waals surface area (Å²) < 4.78 is 5.07. The van der Waals surface area contributed by atoms with E-state index in [1.54, 1.807) is 18.2 Å². The number of carbonyl (C=O) groups is 2. The number of rotatable bonds is 5. The van der Waals surface area contributed by atoms with Crippen molar-refractivity contribution in [3.05, 3.63) is 58.5 Å². The molecule has 0 aliphatic heterocycles. The highest BCUT2D eigenvalue weighted by Crippen LogP contribution is 2.23. The van der Waals surface area contributed by atoms with Crippen LogP contribution < -0.4 is 15.6 Å². The van der Waals surface area contributed by atoms with Crippen LogP contribution in [0, 0.1) is 0 Å². The van der Waals surface area contributed by atoms with Gasteiger partial charge in [-0.3, -0.25) is 9.59 Å². The first-order valence-corrected chi connectivity index (χ1v) is 6.00. The molecule has 0 saturated carbocycles. The number of carboxylic acid groups (broad SMARTS) is 1. The highest BCUT2D eigenvalue weighted by Gasteiger charge is 2.13. The van der Waals surface area contributed by atoms with Crippen molar-refractivity contribution in [1.82, 2.24) is 4.98 Å². The van der Waals surface area contributed by atoms with Gasteiger partial charge in [-0.1, -0.05) is 12.1 Å². The van der Waals surface area contributed by atoms with Crippen molar-refractivity contribution >= 4 is 17.6 Å². The third-order valence-corrected chi connectivity index (χ3v) is 2.55. The maximum atomic E-state index is 12.0. The molecular weight excluding hydrogens is 276 g/mol. The molecule has 0 aliphatic rings. The van der Waals surface area contributed by atoms with Crippen LogP contribution in [0.15, 0.2) is 47.4 Å². The van der Waals surface area contributed by atoms with Gasteiger partial charge >= 0.3 is 5.97 Å². The summed E-state index contributed by atoms with van der Waals surface area (Å²) in [5.74, 6) is -1.53. The number of pyridine rings is 1. The number of aliphatic carboxylic acids is 1. The maximum Gasteiger partial charge on any atom is 0.341 e. The lowest BCUT2D eigenvalue weighted by atomic mass is 10.2. The van der Waals surface area contributed by atoms with Gasteiger partial charge in [-0.15, -0.1) is 0 Å². The Morgan fingerprint density at radius 3 is 2.67 bits per heavy atom. The predicted molar refractivity (Wildman–Crippen MR) is 74.6 cm³/mol. The molecule has 1 amide bonds. The normalized spacial score (nSPS) is 9.90. The lowest BCUT2D eigenvalue weighted by Gasteiger charge is -2.10. The zero-order valence-corrected chi connectivity index (χ0v) is 10.8. The van der Waals surface area contributed by atoms with Crippen molar-refractivity contribution in [3.8, 4) is 5.75 Å². The quantitative estimate of drug-likeness (QED) is 0.763. The van der Waals surface area contributed by atoms with Crippen LogP contribution in [-0.2, 0) is 4.79 Å². The van der Waals surface area contributed by atoms with Crippen molar-refractivity contribution in [2.24, 2.45) is 0 Å². The van der Waals surface area contributed by atoms with Gasteiger partial charge in [-0.25, -0.2) is 4.79 Å². The molecule has 2 aromatic rings. The Morgan fingerprint density at radius 1 is 1.19 bits per heavy atom. The van der Waals surface area contributed by atoms with Crippen molar-refractivity contribution in [3.63, 3.8) is 0 Å². The van der Waals surface area contributed by atoms with Crippen molar-refractivity contribution in [1.29, 1.82) is 0 Å². The van der Waals surface area contributed by atoms with Crippen molar-refractivity contribution < 1.29 is 19.4 Å². The van der Waals surface area contributed by atoms with E-state index in [4.69, 9.17) is 9.84 Å². The summed E-state index contributed by atoms with van der Waals surface area (Å²) in [7, 11) is 0. The smallest absolute Gasteiger partial charge is 0.341 e. The highest BCUT2D eigenvalue weighted by molar-refractivity contribution is 6.04. The first-order chi connectivity index (χ1) is 10.1. The number of amides is 1. The van der Waals surface area contributed by atoms with E-state index in [2.05, 4.69) is 10.3 Å². The minimum Gasteiger partial charge on any atom is -0.480 e. The van der Waals surface area contributed by atoms with E-state index in [9.17, 15) is 14.4 Å². The largest absolute Gasteiger partial charge is 0.480 e. The molecule has 7 nitrogen and oxygen atoms in total. The number of aromatic amines is 1. The fourth-order valence-corrected chi connectivity index (χ4v) is 1.63. The summed E-state index contributed by atoms with van der Waals surface area (Å²) >= 11 is 0. The Balaban J connectivity index is 2.20. The fraction of sp³-hybridized carbons (Fsp3) is 0.0714. The van der Waals surface area contributed by atoms with E-state index in [-0.39, 0.29) is 17.0 Å². The van der Waals surface area contributed by atoms with Crippen LogP contribution >= 0.6 is 0 Å². The van der Waals surface area contributed by atoms with Gasteiger partial charge in [0.05, 0.1) is 5.69 Å². The standard InChI is InChI=1S/C14H12N2O5/c17-12(18)8-21-11-6-2-1-5-10(11)16-14(20)9-4-3-7-15-13(9)19/h1-7H,8H2,(H,15,19)(H,16,20)(H,17,18). The van der Waals surface area contributed by atoms with Crippen molar-refractivity contribution in [2.45, 2.75) is 0 Å². The van der Waals surface area contributed by atoms with Crippen LogP contribution in [0.5, 0.6) is 5.75 Å². The first-order valence-electron chi connectivity index (χ1n) is 6.00. The maximum absolute atomic E-state index is 12.0. The number of para-hydroxylation sites is 2. The molecule has 21 heavy (non-hydrogen) atoms. The Bertz CT molecular complexity index is 723. The second kappa shape index (κ2) is 6.38. The lowest BCUT2D eigenvalue weighted by molar-refractivity contribution is -0.139. The average molecular weight is 288 g/mol.